The summed E-state index contributed by atoms with van der Waals surface area (Å²) in [4.78, 5) is 17.1. The highest BCUT2D eigenvalue weighted by atomic mass is 35.5. The molecule has 0 unspecified atom stereocenters. The molecule has 2 aliphatic heterocycles. The SMILES string of the molecule is C=CCOc1ccccc1CN1C[C@@H]2C[C@H]1C(=O)N2c1ccccc1Cl. The molecule has 2 atom stereocenters. The predicted octanol–water partition coefficient (Wildman–Crippen LogP) is 3.89. The Bertz CT molecular complexity index is 838. The van der Waals surface area contributed by atoms with E-state index in [1.165, 1.54) is 0 Å². The summed E-state index contributed by atoms with van der Waals surface area (Å²) < 4.78 is 5.75. The van der Waals surface area contributed by atoms with Crippen LogP contribution in [0, 0.1) is 0 Å². The van der Waals surface area contributed by atoms with E-state index < -0.39 is 0 Å². The van der Waals surface area contributed by atoms with Crippen LogP contribution in [0.2, 0.25) is 5.02 Å². The van der Waals surface area contributed by atoms with E-state index in [-0.39, 0.29) is 18.0 Å². The molecule has 0 spiro atoms. The van der Waals surface area contributed by atoms with Gasteiger partial charge in [0, 0.05) is 18.7 Å². The van der Waals surface area contributed by atoms with E-state index in [1.54, 1.807) is 6.08 Å². The summed E-state index contributed by atoms with van der Waals surface area (Å²) in [6.45, 7) is 5.72. The van der Waals surface area contributed by atoms with Crippen LogP contribution in [0.1, 0.15) is 12.0 Å². The van der Waals surface area contributed by atoms with Crippen LogP contribution in [0.5, 0.6) is 5.75 Å². The van der Waals surface area contributed by atoms with Crippen molar-refractivity contribution in [3.63, 3.8) is 0 Å². The topological polar surface area (TPSA) is 32.8 Å². The van der Waals surface area contributed by atoms with Gasteiger partial charge in [0.2, 0.25) is 5.91 Å². The Morgan fingerprint density at radius 1 is 1.19 bits per heavy atom. The zero-order chi connectivity index (χ0) is 18.1. The number of anilines is 1. The number of hydrogen-bond donors (Lipinski definition) is 0. The van der Waals surface area contributed by atoms with Crippen LogP contribution in [0.15, 0.2) is 61.2 Å². The summed E-state index contributed by atoms with van der Waals surface area (Å²) in [6.07, 6.45) is 2.58. The third-order valence-corrected chi connectivity index (χ3v) is 5.40. The first-order valence-electron chi connectivity index (χ1n) is 8.82. The van der Waals surface area contributed by atoms with Gasteiger partial charge in [0.1, 0.15) is 12.4 Å². The van der Waals surface area contributed by atoms with Crippen molar-refractivity contribution < 1.29 is 9.53 Å². The number of benzene rings is 2. The molecule has 2 bridgehead atoms. The molecule has 2 aromatic carbocycles. The maximum atomic E-state index is 13.0. The number of carbonyl (C=O) groups is 1. The van der Waals surface area contributed by atoms with Crippen molar-refractivity contribution in [2.75, 3.05) is 18.1 Å². The van der Waals surface area contributed by atoms with Gasteiger partial charge in [0.05, 0.1) is 22.8 Å². The Labute approximate surface area is 158 Å². The number of halogens is 1. The molecule has 2 aromatic rings. The lowest BCUT2D eigenvalue weighted by Gasteiger charge is -2.34. The van der Waals surface area contributed by atoms with Crippen molar-refractivity contribution in [3.05, 3.63) is 71.8 Å². The number of ether oxygens (including phenoxy) is 1. The molecule has 2 saturated heterocycles. The Morgan fingerprint density at radius 2 is 1.96 bits per heavy atom. The molecule has 4 nitrogen and oxygen atoms in total. The second kappa shape index (κ2) is 7.14. The van der Waals surface area contributed by atoms with Crippen LogP contribution >= 0.6 is 11.6 Å². The molecule has 0 saturated carbocycles. The Kier molecular flexibility index (Phi) is 4.70. The molecular weight excluding hydrogens is 348 g/mol. The van der Waals surface area contributed by atoms with E-state index in [1.807, 2.05) is 47.4 Å². The maximum Gasteiger partial charge on any atom is 0.244 e. The maximum absolute atomic E-state index is 13.0. The summed E-state index contributed by atoms with van der Waals surface area (Å²) in [5, 5.41) is 0.628. The molecular formula is C21H21ClN2O2. The molecule has 0 N–H and O–H groups in total. The minimum absolute atomic E-state index is 0.0938. The zero-order valence-electron chi connectivity index (χ0n) is 14.5. The van der Waals surface area contributed by atoms with Crippen molar-refractivity contribution in [1.29, 1.82) is 0 Å². The molecule has 26 heavy (non-hydrogen) atoms. The molecule has 2 aliphatic rings. The summed E-state index contributed by atoms with van der Waals surface area (Å²) in [5.74, 6) is 0.990. The molecule has 0 aromatic heterocycles. The molecule has 4 rings (SSSR count). The Balaban J connectivity index is 1.51. The van der Waals surface area contributed by atoms with Crippen LogP contribution in [0.4, 0.5) is 5.69 Å². The van der Waals surface area contributed by atoms with Crippen molar-refractivity contribution in [3.8, 4) is 5.75 Å². The fraction of sp³-hybridized carbons (Fsp3) is 0.286. The van der Waals surface area contributed by atoms with Crippen molar-refractivity contribution in [2.24, 2.45) is 0 Å². The van der Waals surface area contributed by atoms with Gasteiger partial charge in [-0.3, -0.25) is 9.69 Å². The second-order valence-corrected chi connectivity index (χ2v) is 7.11. The number of nitrogens with zero attached hydrogens (tertiary/aromatic N) is 2. The summed E-state index contributed by atoms with van der Waals surface area (Å²) >= 11 is 6.31. The first kappa shape index (κ1) is 17.1. The van der Waals surface area contributed by atoms with E-state index in [0.29, 0.717) is 18.2 Å². The molecule has 1 amide bonds. The predicted molar refractivity (Wildman–Crippen MR) is 104 cm³/mol. The third kappa shape index (κ3) is 3.00. The molecule has 5 heteroatoms. The highest BCUT2D eigenvalue weighted by Crippen LogP contribution is 2.39. The van der Waals surface area contributed by atoms with Gasteiger partial charge < -0.3 is 9.64 Å². The zero-order valence-corrected chi connectivity index (χ0v) is 15.2. The van der Waals surface area contributed by atoms with Crippen LogP contribution in [0.25, 0.3) is 0 Å². The smallest absolute Gasteiger partial charge is 0.244 e. The lowest BCUT2D eigenvalue weighted by atomic mass is 10.1. The second-order valence-electron chi connectivity index (χ2n) is 6.70. The lowest BCUT2D eigenvalue weighted by molar-refractivity contribution is -0.122. The van der Waals surface area contributed by atoms with Gasteiger partial charge in [0.25, 0.3) is 0 Å². The van der Waals surface area contributed by atoms with Gasteiger partial charge in [-0.2, -0.15) is 0 Å². The van der Waals surface area contributed by atoms with E-state index in [4.69, 9.17) is 16.3 Å². The minimum Gasteiger partial charge on any atom is -0.489 e. The normalized spacial score (nSPS) is 22.0. The van der Waals surface area contributed by atoms with E-state index in [2.05, 4.69) is 17.5 Å². The van der Waals surface area contributed by atoms with Gasteiger partial charge in [0.15, 0.2) is 0 Å². The summed E-state index contributed by atoms with van der Waals surface area (Å²) in [6, 6.07) is 15.6. The average Bonchev–Trinajstić information content (AvgIpc) is 3.19. The van der Waals surface area contributed by atoms with Crippen molar-refractivity contribution in [1.82, 2.24) is 4.90 Å². The first-order valence-corrected chi connectivity index (χ1v) is 9.20. The molecule has 2 heterocycles. The number of likely N-dealkylation sites (tertiary alicyclic amines) is 1. The highest BCUT2D eigenvalue weighted by Gasteiger charge is 2.50. The third-order valence-electron chi connectivity index (χ3n) is 5.08. The molecule has 134 valence electrons. The number of carbonyl (C=O) groups excluding carboxylic acids is 1. The number of para-hydroxylation sites is 2. The van der Waals surface area contributed by atoms with E-state index >= 15 is 0 Å². The van der Waals surface area contributed by atoms with Gasteiger partial charge >= 0.3 is 0 Å². The quantitative estimate of drug-likeness (QED) is 0.725. The fourth-order valence-electron chi connectivity index (χ4n) is 3.94. The Hall–Kier alpha value is -2.30. The molecule has 2 fully saturated rings. The lowest BCUT2D eigenvalue weighted by Crippen LogP contribution is -2.50. The van der Waals surface area contributed by atoms with Gasteiger partial charge in [-0.25, -0.2) is 0 Å². The molecule has 0 aliphatic carbocycles. The van der Waals surface area contributed by atoms with Crippen LogP contribution in [-0.2, 0) is 11.3 Å². The number of amides is 1. The van der Waals surface area contributed by atoms with Crippen LogP contribution in [-0.4, -0.2) is 36.0 Å². The number of piperazine rings is 1. The standard InChI is InChI=1S/C21H21ClN2O2/c1-2-11-26-20-10-6-3-7-15(20)13-23-14-16-12-19(23)21(25)24(16)18-9-5-4-8-17(18)22/h2-10,16,19H,1,11-14H2/t16-,19-/m0/s1. The van der Waals surface area contributed by atoms with Crippen molar-refractivity contribution in [2.45, 2.75) is 25.0 Å². The van der Waals surface area contributed by atoms with Gasteiger partial charge in [-0.1, -0.05) is 54.6 Å². The monoisotopic (exact) mass is 368 g/mol. The van der Waals surface area contributed by atoms with E-state index in [9.17, 15) is 4.79 Å². The van der Waals surface area contributed by atoms with E-state index in [0.717, 1.165) is 30.0 Å². The molecule has 0 radical (unpaired) electrons. The number of fused-ring (bicyclic) bond motifs is 2. The fourth-order valence-corrected chi connectivity index (χ4v) is 4.17. The number of hydrogen-bond acceptors (Lipinski definition) is 3. The first-order chi connectivity index (χ1) is 12.7. The van der Waals surface area contributed by atoms with Crippen LogP contribution in [0.3, 0.4) is 0 Å². The van der Waals surface area contributed by atoms with Crippen molar-refractivity contribution >= 4 is 23.2 Å². The summed E-state index contributed by atoms with van der Waals surface area (Å²) in [5.41, 5.74) is 1.92. The highest BCUT2D eigenvalue weighted by molar-refractivity contribution is 6.34. The minimum atomic E-state index is -0.0938. The Morgan fingerprint density at radius 3 is 2.73 bits per heavy atom. The average molecular weight is 369 g/mol. The van der Waals surface area contributed by atoms with Crippen LogP contribution < -0.4 is 9.64 Å². The largest absolute Gasteiger partial charge is 0.489 e. The van der Waals surface area contributed by atoms with Gasteiger partial charge in [-0.15, -0.1) is 0 Å². The van der Waals surface area contributed by atoms with Gasteiger partial charge in [-0.05, 0) is 24.6 Å². The summed E-state index contributed by atoms with van der Waals surface area (Å²) in [7, 11) is 0. The number of rotatable bonds is 6.